The minimum Gasteiger partial charge on any atom is -0.463 e. The second-order valence-electron chi connectivity index (χ2n) is 3.52. The van der Waals surface area contributed by atoms with Gasteiger partial charge in [0.2, 0.25) is 0 Å². The first-order chi connectivity index (χ1) is 6.83. The molecule has 1 saturated heterocycles. The molecule has 0 aliphatic carbocycles. The van der Waals surface area contributed by atoms with Gasteiger partial charge in [0, 0.05) is 12.6 Å². The van der Waals surface area contributed by atoms with Gasteiger partial charge in [-0.3, -0.25) is 4.90 Å². The van der Waals surface area contributed by atoms with Gasteiger partial charge in [-0.05, 0) is 32.9 Å². The molecule has 0 aromatic carbocycles. The summed E-state index contributed by atoms with van der Waals surface area (Å²) in [4.78, 5) is 13.3. The molecule has 0 bridgehead atoms. The molecular weight excluding hydrogens is 178 g/mol. The van der Waals surface area contributed by atoms with Crippen molar-refractivity contribution < 1.29 is 9.53 Å². The number of likely N-dealkylation sites (tertiary alicyclic amines) is 1. The van der Waals surface area contributed by atoms with Gasteiger partial charge in [0.1, 0.15) is 0 Å². The molecule has 1 rings (SSSR count). The Morgan fingerprint density at radius 1 is 1.36 bits per heavy atom. The largest absolute Gasteiger partial charge is 0.463 e. The van der Waals surface area contributed by atoms with E-state index >= 15 is 0 Å². The van der Waals surface area contributed by atoms with Crippen LogP contribution >= 0.6 is 0 Å². The molecule has 0 radical (unpaired) electrons. The molecule has 0 saturated carbocycles. The van der Waals surface area contributed by atoms with Crippen LogP contribution in [0, 0.1) is 0 Å². The molecule has 1 fully saturated rings. The Morgan fingerprint density at radius 2 is 2.07 bits per heavy atom. The topological polar surface area (TPSA) is 29.5 Å². The van der Waals surface area contributed by atoms with E-state index < -0.39 is 0 Å². The van der Waals surface area contributed by atoms with Crippen molar-refractivity contribution in [2.45, 2.75) is 26.2 Å². The van der Waals surface area contributed by atoms with Gasteiger partial charge in [-0.15, -0.1) is 0 Å². The second kappa shape index (κ2) is 6.60. The minimum absolute atomic E-state index is 0.232. The van der Waals surface area contributed by atoms with Crippen molar-refractivity contribution in [3.05, 3.63) is 12.2 Å². The van der Waals surface area contributed by atoms with Crippen molar-refractivity contribution in [2.24, 2.45) is 0 Å². The number of hydrogen-bond donors (Lipinski definition) is 0. The minimum atomic E-state index is -0.232. The zero-order chi connectivity index (χ0) is 10.2. The first-order valence-electron chi connectivity index (χ1n) is 5.38. The van der Waals surface area contributed by atoms with Crippen LogP contribution in [-0.4, -0.2) is 37.1 Å². The third-order valence-corrected chi connectivity index (χ3v) is 2.35. The molecule has 1 aliphatic rings. The van der Waals surface area contributed by atoms with Crippen molar-refractivity contribution in [1.29, 1.82) is 0 Å². The van der Waals surface area contributed by atoms with Crippen molar-refractivity contribution in [2.75, 3.05) is 26.2 Å². The van der Waals surface area contributed by atoms with Gasteiger partial charge >= 0.3 is 5.97 Å². The summed E-state index contributed by atoms with van der Waals surface area (Å²) in [6, 6.07) is 0. The Labute approximate surface area is 85.7 Å². The molecule has 3 nitrogen and oxygen atoms in total. The first-order valence-corrected chi connectivity index (χ1v) is 5.38. The van der Waals surface area contributed by atoms with E-state index in [0.29, 0.717) is 6.61 Å². The van der Waals surface area contributed by atoms with Crippen LogP contribution in [0.5, 0.6) is 0 Å². The number of ether oxygens (including phenoxy) is 1. The van der Waals surface area contributed by atoms with Crippen LogP contribution < -0.4 is 0 Å². The predicted octanol–water partition coefficient (Wildman–Crippen LogP) is 1.59. The number of piperidine rings is 1. The third kappa shape index (κ3) is 4.42. The Balaban J connectivity index is 2.14. The molecule has 0 amide bonds. The van der Waals surface area contributed by atoms with E-state index in [4.69, 9.17) is 4.74 Å². The smallest absolute Gasteiger partial charge is 0.330 e. The van der Waals surface area contributed by atoms with Crippen molar-refractivity contribution in [1.82, 2.24) is 4.90 Å². The molecule has 3 heteroatoms. The average Bonchev–Trinajstić information content (AvgIpc) is 2.20. The van der Waals surface area contributed by atoms with E-state index in [-0.39, 0.29) is 5.97 Å². The summed E-state index contributed by atoms with van der Waals surface area (Å²) in [5, 5.41) is 0. The third-order valence-electron chi connectivity index (χ3n) is 2.35. The van der Waals surface area contributed by atoms with Crippen molar-refractivity contribution in [3.8, 4) is 0 Å². The molecular formula is C11H19NO2. The lowest BCUT2D eigenvalue weighted by Crippen LogP contribution is -2.29. The Hall–Kier alpha value is -0.830. The zero-order valence-electron chi connectivity index (χ0n) is 8.87. The van der Waals surface area contributed by atoms with Gasteiger partial charge in [0.05, 0.1) is 6.61 Å². The Kier molecular flexibility index (Phi) is 5.30. The molecule has 0 unspecified atom stereocenters. The highest BCUT2D eigenvalue weighted by molar-refractivity contribution is 5.81. The highest BCUT2D eigenvalue weighted by Crippen LogP contribution is 2.07. The van der Waals surface area contributed by atoms with Gasteiger partial charge < -0.3 is 4.74 Å². The molecule has 0 aromatic heterocycles. The maximum Gasteiger partial charge on any atom is 0.330 e. The molecule has 1 heterocycles. The van der Waals surface area contributed by atoms with E-state index in [1.807, 2.05) is 13.0 Å². The van der Waals surface area contributed by atoms with Crippen LogP contribution in [0.3, 0.4) is 0 Å². The number of nitrogens with zero attached hydrogens (tertiary/aromatic N) is 1. The van der Waals surface area contributed by atoms with E-state index in [1.165, 1.54) is 25.3 Å². The first kappa shape index (κ1) is 11.2. The van der Waals surface area contributed by atoms with Gasteiger partial charge in [0.25, 0.3) is 0 Å². The van der Waals surface area contributed by atoms with Gasteiger partial charge in [-0.1, -0.05) is 12.5 Å². The van der Waals surface area contributed by atoms with Gasteiger partial charge in [-0.2, -0.15) is 0 Å². The summed E-state index contributed by atoms with van der Waals surface area (Å²) in [5.74, 6) is -0.232. The Bertz CT molecular complexity index is 195. The summed E-state index contributed by atoms with van der Waals surface area (Å²) in [6.45, 7) is 5.46. The monoisotopic (exact) mass is 197 g/mol. The summed E-state index contributed by atoms with van der Waals surface area (Å²) < 4.78 is 4.79. The number of esters is 1. The maximum absolute atomic E-state index is 11.0. The van der Waals surface area contributed by atoms with Crippen LogP contribution in [0.25, 0.3) is 0 Å². The predicted molar refractivity (Wildman–Crippen MR) is 56.1 cm³/mol. The van der Waals surface area contributed by atoms with E-state index in [2.05, 4.69) is 4.90 Å². The molecule has 0 spiro atoms. The summed E-state index contributed by atoms with van der Waals surface area (Å²) >= 11 is 0. The van der Waals surface area contributed by atoms with E-state index in [0.717, 1.165) is 19.6 Å². The molecule has 0 aromatic rings. The normalized spacial score (nSPS) is 18.6. The fourth-order valence-corrected chi connectivity index (χ4v) is 1.63. The summed E-state index contributed by atoms with van der Waals surface area (Å²) in [7, 11) is 0. The fraction of sp³-hybridized carbons (Fsp3) is 0.727. The van der Waals surface area contributed by atoms with Crippen LogP contribution in [0.15, 0.2) is 12.2 Å². The summed E-state index contributed by atoms with van der Waals surface area (Å²) in [6.07, 6.45) is 7.33. The van der Waals surface area contributed by atoms with Crippen molar-refractivity contribution >= 4 is 5.97 Å². The van der Waals surface area contributed by atoms with Crippen LogP contribution in [0.1, 0.15) is 26.2 Å². The number of carbonyl (C=O) groups excluding carboxylic acids is 1. The number of rotatable bonds is 4. The van der Waals surface area contributed by atoms with Crippen LogP contribution in [0.2, 0.25) is 0 Å². The lowest BCUT2D eigenvalue weighted by atomic mass is 10.1. The highest BCUT2D eigenvalue weighted by atomic mass is 16.5. The molecule has 80 valence electrons. The second-order valence-corrected chi connectivity index (χ2v) is 3.52. The molecule has 0 N–H and O–H groups in total. The quantitative estimate of drug-likeness (QED) is 0.506. The van der Waals surface area contributed by atoms with Gasteiger partial charge in [-0.25, -0.2) is 4.79 Å². The van der Waals surface area contributed by atoms with Crippen molar-refractivity contribution in [3.63, 3.8) is 0 Å². The molecule has 14 heavy (non-hydrogen) atoms. The zero-order valence-corrected chi connectivity index (χ0v) is 8.87. The lowest BCUT2D eigenvalue weighted by molar-refractivity contribution is -0.137. The standard InChI is InChI=1S/C11H19NO2/c1-2-14-11(13)7-6-10-12-8-4-3-5-9-12/h6-7H,2-5,8-10H2,1H3. The SMILES string of the molecule is CCOC(=O)C=CCN1CCCCC1. The lowest BCUT2D eigenvalue weighted by Gasteiger charge is -2.24. The summed E-state index contributed by atoms with van der Waals surface area (Å²) in [5.41, 5.74) is 0. The Morgan fingerprint density at radius 3 is 2.71 bits per heavy atom. The van der Waals surface area contributed by atoms with Crippen LogP contribution in [0.4, 0.5) is 0 Å². The van der Waals surface area contributed by atoms with E-state index in [9.17, 15) is 4.79 Å². The average molecular weight is 197 g/mol. The number of carbonyl (C=O) groups is 1. The highest BCUT2D eigenvalue weighted by Gasteiger charge is 2.07. The maximum atomic E-state index is 11.0. The molecule has 1 aliphatic heterocycles. The van der Waals surface area contributed by atoms with Gasteiger partial charge in [0.15, 0.2) is 0 Å². The van der Waals surface area contributed by atoms with Crippen LogP contribution in [-0.2, 0) is 9.53 Å². The fourth-order valence-electron chi connectivity index (χ4n) is 1.63. The van der Waals surface area contributed by atoms with E-state index in [1.54, 1.807) is 0 Å². The molecule has 0 atom stereocenters. The number of hydrogen-bond acceptors (Lipinski definition) is 3.